The van der Waals surface area contributed by atoms with Gasteiger partial charge in [0.05, 0.1) is 5.69 Å². The van der Waals surface area contributed by atoms with Crippen LogP contribution in [0.2, 0.25) is 0 Å². The summed E-state index contributed by atoms with van der Waals surface area (Å²) in [5, 5.41) is 0.583. The van der Waals surface area contributed by atoms with E-state index in [0.717, 1.165) is 0 Å². The van der Waals surface area contributed by atoms with Crippen molar-refractivity contribution in [1.29, 1.82) is 0 Å². The van der Waals surface area contributed by atoms with Crippen LogP contribution in [0.5, 0.6) is 0 Å². The number of aromatic nitrogens is 2. The first-order valence-electron chi connectivity index (χ1n) is 4.60. The zero-order valence-electron chi connectivity index (χ0n) is 8.55. The molecule has 2 aromatic rings. The lowest BCUT2D eigenvalue weighted by Crippen LogP contribution is -2.19. The summed E-state index contributed by atoms with van der Waals surface area (Å²) in [4.78, 5) is 15.8. The van der Waals surface area contributed by atoms with Gasteiger partial charge in [0, 0.05) is 12.3 Å². The smallest absolute Gasteiger partial charge is 0.258 e. The predicted octanol–water partition coefficient (Wildman–Crippen LogP) is 2.09. The first kappa shape index (κ1) is 10.9. The minimum absolute atomic E-state index is 0.175. The van der Waals surface area contributed by atoms with Crippen LogP contribution in [0.25, 0.3) is 5.69 Å². The molecule has 1 aromatic carbocycles. The van der Waals surface area contributed by atoms with Crippen molar-refractivity contribution >= 4 is 11.8 Å². The predicted molar refractivity (Wildman–Crippen MR) is 61.6 cm³/mol. The number of halogens is 1. The second-order valence-electron chi connectivity index (χ2n) is 3.08. The van der Waals surface area contributed by atoms with E-state index in [1.807, 2.05) is 6.26 Å². The van der Waals surface area contributed by atoms with Gasteiger partial charge in [0.15, 0.2) is 5.16 Å². The lowest BCUT2D eigenvalue weighted by Gasteiger charge is -2.08. The second kappa shape index (κ2) is 4.49. The zero-order valence-corrected chi connectivity index (χ0v) is 9.37. The maximum Gasteiger partial charge on any atom is 0.258 e. The molecular formula is C11H9FN2OS. The van der Waals surface area contributed by atoms with Gasteiger partial charge in [0.1, 0.15) is 5.82 Å². The van der Waals surface area contributed by atoms with Crippen molar-refractivity contribution < 1.29 is 4.39 Å². The molecule has 0 amide bonds. The molecule has 0 aliphatic rings. The maximum absolute atomic E-state index is 12.8. The van der Waals surface area contributed by atoms with Crippen molar-refractivity contribution in [3.8, 4) is 5.69 Å². The van der Waals surface area contributed by atoms with Crippen LogP contribution < -0.4 is 5.56 Å². The molecule has 0 fully saturated rings. The Balaban J connectivity index is 2.63. The van der Waals surface area contributed by atoms with Crippen molar-refractivity contribution in [3.05, 3.63) is 52.7 Å². The van der Waals surface area contributed by atoms with Crippen molar-refractivity contribution in [2.75, 3.05) is 6.26 Å². The van der Waals surface area contributed by atoms with Gasteiger partial charge >= 0.3 is 0 Å². The highest BCUT2D eigenvalue weighted by molar-refractivity contribution is 7.98. The SMILES string of the molecule is CSc1nccc(=O)n1-c1ccc(F)cc1. The highest BCUT2D eigenvalue weighted by atomic mass is 32.2. The molecule has 0 radical (unpaired) electrons. The van der Waals surface area contributed by atoms with Gasteiger partial charge in [-0.1, -0.05) is 11.8 Å². The third-order valence-corrected chi connectivity index (χ3v) is 2.73. The first-order valence-corrected chi connectivity index (χ1v) is 5.83. The van der Waals surface area contributed by atoms with Crippen LogP contribution in [0.15, 0.2) is 46.5 Å². The van der Waals surface area contributed by atoms with Crippen LogP contribution in [-0.2, 0) is 0 Å². The highest BCUT2D eigenvalue weighted by Gasteiger charge is 2.05. The number of hydrogen-bond donors (Lipinski definition) is 0. The molecule has 2 rings (SSSR count). The van der Waals surface area contributed by atoms with Crippen LogP contribution in [0.4, 0.5) is 4.39 Å². The number of benzene rings is 1. The molecule has 0 atom stereocenters. The number of thioether (sulfide) groups is 1. The maximum atomic E-state index is 12.8. The van der Waals surface area contributed by atoms with Gasteiger partial charge in [0.2, 0.25) is 0 Å². The van der Waals surface area contributed by atoms with Crippen LogP contribution in [0.1, 0.15) is 0 Å². The lowest BCUT2D eigenvalue weighted by atomic mass is 10.3. The van der Waals surface area contributed by atoms with E-state index in [1.165, 1.54) is 40.7 Å². The molecule has 0 aliphatic carbocycles. The molecule has 16 heavy (non-hydrogen) atoms. The molecule has 0 bridgehead atoms. The van der Waals surface area contributed by atoms with E-state index in [9.17, 15) is 9.18 Å². The molecule has 3 nitrogen and oxygen atoms in total. The molecule has 1 heterocycles. The molecule has 0 aliphatic heterocycles. The molecule has 82 valence electrons. The third kappa shape index (κ3) is 1.99. The average molecular weight is 236 g/mol. The molecule has 1 aromatic heterocycles. The van der Waals surface area contributed by atoms with E-state index in [0.29, 0.717) is 10.8 Å². The summed E-state index contributed by atoms with van der Waals surface area (Å²) in [6.07, 6.45) is 3.30. The average Bonchev–Trinajstić information content (AvgIpc) is 2.30. The van der Waals surface area contributed by atoms with E-state index in [2.05, 4.69) is 4.98 Å². The summed E-state index contributed by atoms with van der Waals surface area (Å²) in [6.45, 7) is 0. The lowest BCUT2D eigenvalue weighted by molar-refractivity contribution is 0.626. The van der Waals surface area contributed by atoms with Gasteiger partial charge in [0.25, 0.3) is 5.56 Å². The summed E-state index contributed by atoms with van der Waals surface area (Å²) < 4.78 is 14.2. The zero-order chi connectivity index (χ0) is 11.5. The molecule has 0 saturated heterocycles. The summed E-state index contributed by atoms with van der Waals surface area (Å²) in [5.74, 6) is -0.327. The Morgan fingerprint density at radius 1 is 1.25 bits per heavy atom. The van der Waals surface area contributed by atoms with Gasteiger partial charge in [-0.15, -0.1) is 0 Å². The number of hydrogen-bond acceptors (Lipinski definition) is 3. The molecule has 0 N–H and O–H groups in total. The van der Waals surface area contributed by atoms with Gasteiger partial charge in [-0.05, 0) is 30.5 Å². The van der Waals surface area contributed by atoms with Crippen molar-refractivity contribution in [3.63, 3.8) is 0 Å². The van der Waals surface area contributed by atoms with Crippen LogP contribution >= 0.6 is 11.8 Å². The second-order valence-corrected chi connectivity index (χ2v) is 3.85. The number of nitrogens with zero attached hydrogens (tertiary/aromatic N) is 2. The van der Waals surface area contributed by atoms with Crippen molar-refractivity contribution in [2.24, 2.45) is 0 Å². The highest BCUT2D eigenvalue weighted by Crippen LogP contribution is 2.14. The number of rotatable bonds is 2. The van der Waals surface area contributed by atoms with Crippen molar-refractivity contribution in [1.82, 2.24) is 9.55 Å². The minimum Gasteiger partial charge on any atom is -0.269 e. The Kier molecular flexibility index (Phi) is 3.05. The molecule has 0 spiro atoms. The molecule has 5 heteroatoms. The Bertz CT molecular complexity index is 551. The fraction of sp³-hybridized carbons (Fsp3) is 0.0909. The van der Waals surface area contributed by atoms with Crippen LogP contribution in [-0.4, -0.2) is 15.8 Å². The summed E-state index contributed by atoms with van der Waals surface area (Å²) in [5.41, 5.74) is 0.440. The van der Waals surface area contributed by atoms with E-state index in [4.69, 9.17) is 0 Å². The first-order chi connectivity index (χ1) is 7.72. The Hall–Kier alpha value is -1.62. The Morgan fingerprint density at radius 2 is 1.94 bits per heavy atom. The standard InChI is InChI=1S/C11H9FN2OS/c1-16-11-13-7-6-10(15)14(11)9-4-2-8(12)3-5-9/h2-7H,1H3. The van der Waals surface area contributed by atoms with E-state index in [1.54, 1.807) is 12.1 Å². The van der Waals surface area contributed by atoms with Gasteiger partial charge in [-0.2, -0.15) is 0 Å². The molecule has 0 saturated carbocycles. The monoisotopic (exact) mass is 236 g/mol. The topological polar surface area (TPSA) is 34.9 Å². The largest absolute Gasteiger partial charge is 0.269 e. The van der Waals surface area contributed by atoms with E-state index in [-0.39, 0.29) is 11.4 Å². The van der Waals surface area contributed by atoms with Crippen LogP contribution in [0, 0.1) is 5.82 Å². The third-order valence-electron chi connectivity index (χ3n) is 2.08. The molecular weight excluding hydrogens is 227 g/mol. The van der Waals surface area contributed by atoms with Crippen molar-refractivity contribution in [2.45, 2.75) is 5.16 Å². The molecule has 0 unspecified atom stereocenters. The minimum atomic E-state index is -0.327. The fourth-order valence-corrected chi connectivity index (χ4v) is 1.91. The quantitative estimate of drug-likeness (QED) is 0.591. The van der Waals surface area contributed by atoms with Gasteiger partial charge in [-0.3, -0.25) is 9.36 Å². The van der Waals surface area contributed by atoms with Crippen LogP contribution in [0.3, 0.4) is 0 Å². The van der Waals surface area contributed by atoms with Gasteiger partial charge in [-0.25, -0.2) is 9.37 Å². The van der Waals surface area contributed by atoms with Gasteiger partial charge < -0.3 is 0 Å². The summed E-state index contributed by atoms with van der Waals surface area (Å²) in [6, 6.07) is 7.12. The Morgan fingerprint density at radius 3 is 2.56 bits per heavy atom. The summed E-state index contributed by atoms with van der Waals surface area (Å²) in [7, 11) is 0. The normalized spacial score (nSPS) is 10.4. The fourth-order valence-electron chi connectivity index (χ4n) is 1.36. The summed E-state index contributed by atoms with van der Waals surface area (Å²) >= 11 is 1.37. The van der Waals surface area contributed by atoms with E-state index >= 15 is 0 Å². The Labute approximate surface area is 96.0 Å². The van der Waals surface area contributed by atoms with E-state index < -0.39 is 0 Å².